The number of fused-ring (bicyclic) bond motifs is 9. The number of para-hydroxylation sites is 2. The van der Waals surface area contributed by atoms with Crippen molar-refractivity contribution in [2.24, 2.45) is 0 Å². The molecule has 6 heteroatoms. The van der Waals surface area contributed by atoms with Gasteiger partial charge in [-0.3, -0.25) is 19.5 Å². The molecule has 5 heterocycles. The molecule has 0 saturated carbocycles. The number of aromatic nitrogens is 6. The van der Waals surface area contributed by atoms with E-state index in [0.717, 1.165) is 66.6 Å². The van der Waals surface area contributed by atoms with Gasteiger partial charge in [-0.1, -0.05) is 66.7 Å². The lowest BCUT2D eigenvalue weighted by Gasteiger charge is -2.16. The lowest BCUT2D eigenvalue weighted by atomic mass is 10.1. The summed E-state index contributed by atoms with van der Waals surface area (Å²) < 4.78 is 4.61. The molecule has 0 bridgehead atoms. The standard InChI is InChI=1S/C36H22N6/c1-2-9-23(10-3-1)36-40-33-27-13-8-19-38-32(27)34-31(35(33)41(36)24-16-20-37-21-17-24)30(18-22-39-34)42-28-14-6-4-11-25(28)26-12-5-7-15-29(26)42/h1-22H/p+1. The monoisotopic (exact) mass is 539 g/mol. The van der Waals surface area contributed by atoms with E-state index in [-0.39, 0.29) is 1.43 Å². The van der Waals surface area contributed by atoms with Gasteiger partial charge in [0.25, 0.3) is 0 Å². The van der Waals surface area contributed by atoms with Crippen molar-refractivity contribution in [3.8, 4) is 22.8 Å². The van der Waals surface area contributed by atoms with Crippen molar-refractivity contribution in [2.45, 2.75) is 0 Å². The highest BCUT2D eigenvalue weighted by atomic mass is 15.1. The Balaban J connectivity index is 0.00000278. The van der Waals surface area contributed by atoms with Gasteiger partial charge >= 0.3 is 1.43 Å². The predicted molar refractivity (Wildman–Crippen MR) is 170 cm³/mol. The van der Waals surface area contributed by atoms with Gasteiger partial charge in [0.1, 0.15) is 11.3 Å². The second-order valence-electron chi connectivity index (χ2n) is 10.4. The Morgan fingerprint density at radius 2 is 1.17 bits per heavy atom. The van der Waals surface area contributed by atoms with Gasteiger partial charge in [-0.05, 0) is 42.5 Å². The Kier molecular flexibility index (Phi) is 4.80. The minimum absolute atomic E-state index is 0. The van der Waals surface area contributed by atoms with Crippen LogP contribution in [0.5, 0.6) is 0 Å². The molecule has 0 atom stereocenters. The molecule has 0 aliphatic carbocycles. The van der Waals surface area contributed by atoms with E-state index in [1.165, 1.54) is 10.8 Å². The molecule has 0 unspecified atom stereocenters. The Hall–Kier alpha value is -5.88. The van der Waals surface area contributed by atoms with Gasteiger partial charge in [0.15, 0.2) is 0 Å². The highest BCUT2D eigenvalue weighted by molar-refractivity contribution is 6.24. The predicted octanol–water partition coefficient (Wildman–Crippen LogP) is 8.39. The van der Waals surface area contributed by atoms with Crippen LogP contribution in [0.4, 0.5) is 0 Å². The van der Waals surface area contributed by atoms with Gasteiger partial charge in [-0.2, -0.15) is 0 Å². The van der Waals surface area contributed by atoms with E-state index in [0.29, 0.717) is 0 Å². The number of rotatable bonds is 3. The van der Waals surface area contributed by atoms with Gasteiger partial charge in [0.05, 0.1) is 44.3 Å². The zero-order valence-corrected chi connectivity index (χ0v) is 22.4. The molecule has 0 amide bonds. The molecule has 0 spiro atoms. The number of pyridine rings is 3. The van der Waals surface area contributed by atoms with Crippen LogP contribution in [-0.2, 0) is 0 Å². The summed E-state index contributed by atoms with van der Waals surface area (Å²) in [5.41, 5.74) is 8.86. The molecule has 9 rings (SSSR count). The third kappa shape index (κ3) is 3.14. The molecule has 0 N–H and O–H groups in total. The first-order valence-corrected chi connectivity index (χ1v) is 13.9. The lowest BCUT2D eigenvalue weighted by Crippen LogP contribution is -2.02. The molecule has 42 heavy (non-hydrogen) atoms. The highest BCUT2D eigenvalue weighted by Crippen LogP contribution is 2.42. The second-order valence-corrected chi connectivity index (χ2v) is 10.4. The quantitative estimate of drug-likeness (QED) is 0.212. The van der Waals surface area contributed by atoms with Crippen LogP contribution in [0.15, 0.2) is 134 Å². The van der Waals surface area contributed by atoms with Crippen molar-refractivity contribution < 1.29 is 1.43 Å². The normalized spacial score (nSPS) is 11.8. The van der Waals surface area contributed by atoms with E-state index in [4.69, 9.17) is 15.0 Å². The van der Waals surface area contributed by atoms with Gasteiger partial charge in [-0.15, -0.1) is 0 Å². The zero-order valence-electron chi connectivity index (χ0n) is 23.4. The molecule has 0 radical (unpaired) electrons. The smallest absolute Gasteiger partial charge is 0.308 e. The molecule has 196 valence electrons. The van der Waals surface area contributed by atoms with Crippen molar-refractivity contribution in [1.82, 2.24) is 29.1 Å². The number of benzene rings is 4. The summed E-state index contributed by atoms with van der Waals surface area (Å²) in [7, 11) is 0. The van der Waals surface area contributed by atoms with Gasteiger partial charge in [0, 0.05) is 46.5 Å². The Labute approximate surface area is 241 Å². The summed E-state index contributed by atoms with van der Waals surface area (Å²) in [6.45, 7) is 0. The molecular weight excluding hydrogens is 516 g/mol. The minimum Gasteiger partial charge on any atom is -0.308 e. The number of imidazole rings is 1. The summed E-state index contributed by atoms with van der Waals surface area (Å²) >= 11 is 0. The molecule has 0 aliphatic rings. The largest absolute Gasteiger partial charge is 1.00 e. The van der Waals surface area contributed by atoms with Crippen LogP contribution in [-0.4, -0.2) is 29.1 Å². The fraction of sp³-hybridized carbons (Fsp3) is 0. The highest BCUT2D eigenvalue weighted by Gasteiger charge is 2.24. The third-order valence-electron chi connectivity index (χ3n) is 8.10. The molecule has 6 nitrogen and oxygen atoms in total. The molecule has 0 aliphatic heterocycles. The summed E-state index contributed by atoms with van der Waals surface area (Å²) in [5, 5.41) is 4.38. The Morgan fingerprint density at radius 3 is 1.93 bits per heavy atom. The zero-order chi connectivity index (χ0) is 27.6. The van der Waals surface area contributed by atoms with Crippen LogP contribution >= 0.6 is 0 Å². The van der Waals surface area contributed by atoms with Crippen molar-refractivity contribution in [1.29, 1.82) is 0 Å². The fourth-order valence-corrected chi connectivity index (χ4v) is 6.38. The maximum absolute atomic E-state index is 5.35. The molecule has 9 aromatic rings. The van der Waals surface area contributed by atoms with Gasteiger partial charge in [-0.25, -0.2) is 4.98 Å². The molecule has 4 aromatic carbocycles. The third-order valence-corrected chi connectivity index (χ3v) is 8.10. The molecular formula is C36H23N6+. The van der Waals surface area contributed by atoms with Crippen LogP contribution in [0.2, 0.25) is 0 Å². The van der Waals surface area contributed by atoms with E-state index < -0.39 is 0 Å². The van der Waals surface area contributed by atoms with E-state index in [1.807, 2.05) is 49.1 Å². The SMILES string of the molecule is [H+].c1ccc(-c2nc3c4cccnc4c4nccc(-n5c6ccccc6c6ccccc65)c4c3n2-c2ccncc2)cc1. The summed E-state index contributed by atoms with van der Waals surface area (Å²) in [6, 6.07) is 37.7. The van der Waals surface area contributed by atoms with Crippen molar-refractivity contribution in [3.05, 3.63) is 134 Å². The second kappa shape index (κ2) is 8.81. The van der Waals surface area contributed by atoms with Crippen LogP contribution in [0.3, 0.4) is 0 Å². The van der Waals surface area contributed by atoms with Crippen LogP contribution < -0.4 is 0 Å². The lowest BCUT2D eigenvalue weighted by molar-refractivity contribution is 1.09. The van der Waals surface area contributed by atoms with Crippen LogP contribution in [0.25, 0.3) is 77.4 Å². The minimum atomic E-state index is 0. The maximum atomic E-state index is 5.35. The Bertz CT molecular complexity index is 2410. The fourth-order valence-electron chi connectivity index (χ4n) is 6.38. The van der Waals surface area contributed by atoms with E-state index in [2.05, 4.69) is 99.0 Å². The average molecular weight is 540 g/mol. The molecule has 5 aromatic heterocycles. The summed E-state index contributed by atoms with van der Waals surface area (Å²) in [4.78, 5) is 19.5. The summed E-state index contributed by atoms with van der Waals surface area (Å²) in [6.07, 6.45) is 7.38. The van der Waals surface area contributed by atoms with Crippen molar-refractivity contribution in [2.75, 3.05) is 0 Å². The number of hydrogen-bond acceptors (Lipinski definition) is 4. The first kappa shape index (κ1) is 22.9. The van der Waals surface area contributed by atoms with E-state index in [9.17, 15) is 0 Å². The first-order valence-electron chi connectivity index (χ1n) is 13.9. The average Bonchev–Trinajstić information content (AvgIpc) is 3.63. The topological polar surface area (TPSA) is 61.4 Å². The maximum Gasteiger partial charge on any atom is 1.00 e. The molecule has 0 saturated heterocycles. The van der Waals surface area contributed by atoms with Crippen molar-refractivity contribution in [3.63, 3.8) is 0 Å². The molecule has 0 fully saturated rings. The summed E-state index contributed by atoms with van der Waals surface area (Å²) in [5.74, 6) is 0.853. The van der Waals surface area contributed by atoms with Gasteiger partial charge in [0.2, 0.25) is 0 Å². The van der Waals surface area contributed by atoms with Crippen LogP contribution in [0, 0.1) is 0 Å². The Morgan fingerprint density at radius 1 is 0.500 bits per heavy atom. The van der Waals surface area contributed by atoms with Gasteiger partial charge < -0.3 is 4.57 Å². The number of nitrogens with zero attached hydrogens (tertiary/aromatic N) is 6. The first-order chi connectivity index (χ1) is 20.9. The number of hydrogen-bond donors (Lipinski definition) is 0. The van der Waals surface area contributed by atoms with E-state index in [1.54, 1.807) is 0 Å². The van der Waals surface area contributed by atoms with Crippen molar-refractivity contribution >= 4 is 54.6 Å². The van der Waals surface area contributed by atoms with Crippen LogP contribution in [0.1, 0.15) is 1.43 Å². The van der Waals surface area contributed by atoms with E-state index >= 15 is 0 Å².